The third-order valence-corrected chi connectivity index (χ3v) is 1.94. The zero-order chi connectivity index (χ0) is 8.88. The average molecular weight is 340 g/mol. The van der Waals surface area contributed by atoms with Gasteiger partial charge in [-0.1, -0.05) is 13.8 Å². The van der Waals surface area contributed by atoms with E-state index in [1.54, 1.807) is 13.8 Å². The first-order valence-corrected chi connectivity index (χ1v) is 3.55. The van der Waals surface area contributed by atoms with Gasteiger partial charge in [-0.2, -0.15) is 11.4 Å². The van der Waals surface area contributed by atoms with Gasteiger partial charge >= 0.3 is 0 Å². The summed E-state index contributed by atoms with van der Waals surface area (Å²) in [5.41, 5.74) is 1.75. The van der Waals surface area contributed by atoms with Crippen LogP contribution in [0, 0.1) is 0 Å². The predicted molar refractivity (Wildman–Crippen MR) is 42.1 cm³/mol. The van der Waals surface area contributed by atoms with Gasteiger partial charge in [0.05, 0.1) is 11.8 Å². The Labute approximate surface area is 132 Å². The molecule has 0 aromatic rings. The molecule has 0 aliphatic carbocycles. The SMILES string of the molecule is CC1=C2C(=O)[N-]C(C)=C2C(=O)[N-]1.[Y].[Y]. The Morgan fingerprint density at radius 2 is 1.07 bits per heavy atom. The summed E-state index contributed by atoms with van der Waals surface area (Å²) in [6.45, 7) is 3.29. The molecule has 2 aliphatic heterocycles. The summed E-state index contributed by atoms with van der Waals surface area (Å²) in [5.74, 6) is -0.677. The fraction of sp³-hybridized carbons (Fsp3) is 0.250. The van der Waals surface area contributed by atoms with E-state index in [2.05, 4.69) is 10.6 Å². The van der Waals surface area contributed by atoms with Crippen molar-refractivity contribution in [3.8, 4) is 0 Å². The van der Waals surface area contributed by atoms with E-state index >= 15 is 0 Å². The van der Waals surface area contributed by atoms with Crippen LogP contribution in [0.3, 0.4) is 0 Å². The zero-order valence-corrected chi connectivity index (χ0v) is 13.5. The molecule has 2 rings (SSSR count). The number of rotatable bonds is 0. The number of amides is 2. The second kappa shape index (κ2) is 5.11. The van der Waals surface area contributed by atoms with Gasteiger partial charge in [0.1, 0.15) is 0 Å². The molecule has 68 valence electrons. The Balaban J connectivity index is 0.000000845. The number of fused-ring (bicyclic) bond motifs is 1. The van der Waals surface area contributed by atoms with Crippen molar-refractivity contribution in [1.29, 1.82) is 0 Å². The maximum Gasteiger partial charge on any atom is 0.0841 e. The van der Waals surface area contributed by atoms with Gasteiger partial charge in [0.25, 0.3) is 0 Å². The second-order valence-electron chi connectivity index (χ2n) is 2.75. The summed E-state index contributed by atoms with van der Waals surface area (Å²) in [5, 5.41) is 7.35. The fourth-order valence-corrected chi connectivity index (χ4v) is 1.41. The molecule has 4 nitrogen and oxygen atoms in total. The van der Waals surface area contributed by atoms with E-state index in [1.165, 1.54) is 0 Å². The van der Waals surface area contributed by atoms with Crippen molar-refractivity contribution >= 4 is 11.8 Å². The monoisotopic (exact) mass is 340 g/mol. The summed E-state index contributed by atoms with van der Waals surface area (Å²) in [6.07, 6.45) is 0. The van der Waals surface area contributed by atoms with Crippen molar-refractivity contribution in [3.05, 3.63) is 33.2 Å². The molecule has 2 radical (unpaired) electrons. The Morgan fingerprint density at radius 3 is 1.36 bits per heavy atom. The quantitative estimate of drug-likeness (QED) is 0.669. The first-order chi connectivity index (χ1) is 5.61. The van der Waals surface area contributed by atoms with E-state index in [1.807, 2.05) is 0 Å². The van der Waals surface area contributed by atoms with Gasteiger partial charge in [0, 0.05) is 65.4 Å². The molecule has 0 spiro atoms. The molecule has 0 aromatic carbocycles. The molecule has 2 amide bonds. The average Bonchev–Trinajstić information content (AvgIpc) is 2.38. The van der Waals surface area contributed by atoms with E-state index in [0.29, 0.717) is 22.5 Å². The molecular weight excluding hydrogens is 334 g/mol. The van der Waals surface area contributed by atoms with Crippen LogP contribution in [0.15, 0.2) is 22.5 Å². The molecule has 0 unspecified atom stereocenters. The van der Waals surface area contributed by atoms with Crippen LogP contribution in [0.1, 0.15) is 13.8 Å². The molecule has 0 saturated carbocycles. The van der Waals surface area contributed by atoms with Gasteiger partial charge < -0.3 is 20.2 Å². The maximum atomic E-state index is 11.1. The fourth-order valence-electron chi connectivity index (χ4n) is 1.41. The van der Waals surface area contributed by atoms with E-state index in [0.717, 1.165) is 0 Å². The van der Waals surface area contributed by atoms with Gasteiger partial charge in [0.15, 0.2) is 0 Å². The van der Waals surface area contributed by atoms with Crippen molar-refractivity contribution in [2.24, 2.45) is 0 Å². The molecule has 0 fully saturated rings. The van der Waals surface area contributed by atoms with Crippen LogP contribution in [0.4, 0.5) is 0 Å². The Bertz CT molecular complexity index is 336. The number of carbonyl (C=O) groups is 2. The van der Waals surface area contributed by atoms with Crippen molar-refractivity contribution in [1.82, 2.24) is 0 Å². The van der Waals surface area contributed by atoms with E-state index in [-0.39, 0.29) is 77.2 Å². The smallest absolute Gasteiger partial charge is 0.0841 e. The first-order valence-electron chi connectivity index (χ1n) is 3.55. The van der Waals surface area contributed by atoms with Crippen molar-refractivity contribution in [2.45, 2.75) is 13.8 Å². The van der Waals surface area contributed by atoms with Crippen LogP contribution in [0.25, 0.3) is 10.6 Å². The van der Waals surface area contributed by atoms with Crippen LogP contribution in [-0.2, 0) is 75.0 Å². The zero-order valence-electron chi connectivity index (χ0n) is 7.87. The Kier molecular flexibility index (Phi) is 5.34. The molecule has 0 aromatic heterocycles. The minimum absolute atomic E-state index is 0. The number of hydrogen-bond acceptors (Lipinski definition) is 2. The third kappa shape index (κ3) is 2.08. The number of hydrogen-bond donors (Lipinski definition) is 0. The van der Waals surface area contributed by atoms with Gasteiger partial charge in [-0.05, 0) is 11.1 Å². The minimum Gasteiger partial charge on any atom is -0.626 e. The Hall–Kier alpha value is 0.628. The van der Waals surface area contributed by atoms with Crippen molar-refractivity contribution < 1.29 is 75.0 Å². The van der Waals surface area contributed by atoms with Gasteiger partial charge in [-0.15, -0.1) is 0 Å². The first kappa shape index (κ1) is 14.6. The van der Waals surface area contributed by atoms with Gasteiger partial charge in [-0.3, -0.25) is 0 Å². The normalized spacial score (nSPS) is 18.4. The summed E-state index contributed by atoms with van der Waals surface area (Å²) >= 11 is 0. The van der Waals surface area contributed by atoms with Gasteiger partial charge in [0.2, 0.25) is 0 Å². The van der Waals surface area contributed by atoms with Gasteiger partial charge in [-0.25, -0.2) is 0 Å². The van der Waals surface area contributed by atoms with Crippen LogP contribution >= 0.6 is 0 Å². The van der Waals surface area contributed by atoms with E-state index in [9.17, 15) is 9.59 Å². The van der Waals surface area contributed by atoms with E-state index in [4.69, 9.17) is 0 Å². The van der Waals surface area contributed by atoms with Crippen LogP contribution < -0.4 is 0 Å². The topological polar surface area (TPSA) is 62.3 Å². The Morgan fingerprint density at radius 1 is 0.786 bits per heavy atom. The van der Waals surface area contributed by atoms with Crippen LogP contribution in [0.2, 0.25) is 0 Å². The van der Waals surface area contributed by atoms with Crippen LogP contribution in [0.5, 0.6) is 0 Å². The number of nitrogens with zero attached hydrogens (tertiary/aromatic N) is 2. The van der Waals surface area contributed by atoms with Crippen LogP contribution in [-0.4, -0.2) is 11.8 Å². The summed E-state index contributed by atoms with van der Waals surface area (Å²) < 4.78 is 0. The summed E-state index contributed by atoms with van der Waals surface area (Å²) in [4.78, 5) is 22.3. The molecule has 14 heavy (non-hydrogen) atoms. The maximum absolute atomic E-state index is 11.1. The molecular formula is C8H6N2O2Y2-2. The number of carbonyl (C=O) groups excluding carboxylic acids is 2. The minimum atomic E-state index is -0.338. The molecule has 2 aliphatic rings. The summed E-state index contributed by atoms with van der Waals surface area (Å²) in [7, 11) is 0. The third-order valence-electron chi connectivity index (χ3n) is 1.94. The predicted octanol–water partition coefficient (Wildman–Crippen LogP) is 1.36. The van der Waals surface area contributed by atoms with Crippen molar-refractivity contribution in [3.63, 3.8) is 0 Å². The van der Waals surface area contributed by atoms with Crippen molar-refractivity contribution in [2.75, 3.05) is 0 Å². The second-order valence-corrected chi connectivity index (χ2v) is 2.75. The molecule has 2 heterocycles. The standard InChI is InChI=1S/C8H8N2O2.2Y/c1-3-5-6(8(12)9-3)4(2)10-7(5)11;;/h1-2H3,(H2,9,10,11,12);;/p-2. The number of allylic oxidation sites excluding steroid dienone is 2. The summed E-state index contributed by atoms with van der Waals surface area (Å²) in [6, 6.07) is 0. The molecule has 0 saturated heterocycles. The molecule has 0 bridgehead atoms. The van der Waals surface area contributed by atoms with E-state index < -0.39 is 0 Å². The molecule has 0 N–H and O–H groups in total. The molecule has 6 heteroatoms. The largest absolute Gasteiger partial charge is 0.626 e. The molecule has 0 atom stereocenters.